The number of amides is 1. The van der Waals surface area contributed by atoms with Gasteiger partial charge in [-0.25, -0.2) is 8.42 Å². The van der Waals surface area contributed by atoms with E-state index in [2.05, 4.69) is 5.32 Å². The maximum atomic E-state index is 13.1. The summed E-state index contributed by atoms with van der Waals surface area (Å²) < 4.78 is 66.0. The number of nitrogens with one attached hydrogen (secondary N) is 1. The molecule has 1 N–H and O–H groups in total. The van der Waals surface area contributed by atoms with Crippen LogP contribution >= 0.6 is 11.3 Å². The number of anilines is 2. The largest absolute Gasteiger partial charge is 0.416 e. The van der Waals surface area contributed by atoms with Crippen LogP contribution in [0.25, 0.3) is 0 Å². The van der Waals surface area contributed by atoms with E-state index in [0.29, 0.717) is 18.5 Å². The summed E-state index contributed by atoms with van der Waals surface area (Å²) in [4.78, 5) is 14.3. The summed E-state index contributed by atoms with van der Waals surface area (Å²) in [6, 6.07) is 6.40. The summed E-state index contributed by atoms with van der Waals surface area (Å²) in [5.41, 5.74) is -0.317. The molecule has 1 aromatic heterocycles. The average Bonchev–Trinajstić information content (AvgIpc) is 3.23. The highest BCUT2D eigenvalue weighted by Gasteiger charge is 2.34. The second-order valence-corrected chi connectivity index (χ2v) is 10.3. The van der Waals surface area contributed by atoms with Crippen molar-refractivity contribution >= 4 is 38.6 Å². The number of rotatable bonds is 5. The molecule has 1 aliphatic rings. The van der Waals surface area contributed by atoms with E-state index in [1.807, 2.05) is 0 Å². The molecule has 1 amide bonds. The molecular weight excluding hydrogens is 439 g/mol. The maximum Gasteiger partial charge on any atom is 0.416 e. The number of alkyl halides is 3. The fourth-order valence-corrected chi connectivity index (χ4v) is 5.95. The van der Waals surface area contributed by atoms with E-state index < -0.39 is 33.6 Å². The Morgan fingerprint density at radius 3 is 2.40 bits per heavy atom. The lowest BCUT2D eigenvalue weighted by Gasteiger charge is -2.30. The first kappa shape index (κ1) is 22.6. The van der Waals surface area contributed by atoms with Crippen molar-refractivity contribution in [2.75, 3.05) is 37.4 Å². The Morgan fingerprint density at radius 2 is 1.87 bits per heavy atom. The first-order valence-electron chi connectivity index (χ1n) is 9.23. The molecule has 1 saturated heterocycles. The number of thiophene rings is 1. The van der Waals surface area contributed by atoms with Crippen molar-refractivity contribution in [2.24, 2.45) is 5.92 Å². The van der Waals surface area contributed by atoms with Gasteiger partial charge < -0.3 is 10.2 Å². The van der Waals surface area contributed by atoms with Crippen LogP contribution < -0.4 is 10.2 Å². The summed E-state index contributed by atoms with van der Waals surface area (Å²) in [6.45, 7) is 0.364. The van der Waals surface area contributed by atoms with Crippen LogP contribution in [0.3, 0.4) is 0 Å². The van der Waals surface area contributed by atoms with Crippen molar-refractivity contribution in [3.63, 3.8) is 0 Å². The molecular formula is C19H22F3N3O3S2. The summed E-state index contributed by atoms with van der Waals surface area (Å²) in [5, 5.41) is 4.29. The number of piperidine rings is 1. The summed E-state index contributed by atoms with van der Waals surface area (Å²) >= 11 is 1.13. The van der Waals surface area contributed by atoms with Gasteiger partial charge in [0.05, 0.1) is 16.9 Å². The van der Waals surface area contributed by atoms with Crippen LogP contribution in [0, 0.1) is 5.92 Å². The van der Waals surface area contributed by atoms with Crippen LogP contribution in [0.4, 0.5) is 24.5 Å². The van der Waals surface area contributed by atoms with Gasteiger partial charge in [-0.05, 0) is 42.5 Å². The van der Waals surface area contributed by atoms with Gasteiger partial charge in [-0.15, -0.1) is 11.3 Å². The van der Waals surface area contributed by atoms with E-state index >= 15 is 0 Å². The molecule has 1 fully saturated rings. The minimum Gasteiger partial charge on any atom is -0.376 e. The average molecular weight is 462 g/mol. The molecule has 2 heterocycles. The fourth-order valence-electron chi connectivity index (χ4n) is 3.33. The Hall–Kier alpha value is -2.11. The van der Waals surface area contributed by atoms with Crippen molar-refractivity contribution in [3.05, 3.63) is 41.3 Å². The van der Waals surface area contributed by atoms with E-state index in [9.17, 15) is 26.4 Å². The topological polar surface area (TPSA) is 69.7 Å². The van der Waals surface area contributed by atoms with Crippen molar-refractivity contribution < 1.29 is 26.4 Å². The molecule has 30 heavy (non-hydrogen) atoms. The van der Waals surface area contributed by atoms with Crippen LogP contribution in [0.5, 0.6) is 0 Å². The van der Waals surface area contributed by atoms with E-state index in [1.54, 1.807) is 30.4 Å². The predicted molar refractivity (Wildman–Crippen MR) is 110 cm³/mol. The molecule has 0 saturated carbocycles. The zero-order valence-corrected chi connectivity index (χ0v) is 18.1. The van der Waals surface area contributed by atoms with Crippen molar-refractivity contribution in [1.82, 2.24) is 4.31 Å². The van der Waals surface area contributed by atoms with Gasteiger partial charge in [0.1, 0.15) is 4.21 Å². The number of carbonyl (C=O) groups excluding carboxylic acids is 1. The zero-order valence-electron chi connectivity index (χ0n) is 16.4. The minimum atomic E-state index is -4.52. The standard InChI is InChI=1S/C19H22F3N3O3S2/c1-24(2)16-6-5-14(19(20,21)22)12-15(16)23-18(26)13-7-9-25(10-8-13)30(27,28)17-4-3-11-29-17/h3-6,11-13H,7-10H2,1-2H3,(H,23,26). The monoisotopic (exact) mass is 461 g/mol. The van der Waals surface area contributed by atoms with Gasteiger partial charge in [0.15, 0.2) is 0 Å². The molecule has 0 unspecified atom stereocenters. The van der Waals surface area contributed by atoms with E-state index in [1.165, 1.54) is 16.4 Å². The molecule has 1 aromatic carbocycles. The SMILES string of the molecule is CN(C)c1ccc(C(F)(F)F)cc1NC(=O)C1CCN(S(=O)(=O)c2cccs2)CC1. The highest BCUT2D eigenvalue weighted by Crippen LogP contribution is 2.35. The molecule has 6 nitrogen and oxygen atoms in total. The molecule has 164 valence electrons. The third-order valence-corrected chi connectivity index (χ3v) is 8.25. The number of hydrogen-bond acceptors (Lipinski definition) is 5. The first-order chi connectivity index (χ1) is 14.0. The molecule has 0 atom stereocenters. The molecule has 0 bridgehead atoms. The lowest BCUT2D eigenvalue weighted by Crippen LogP contribution is -2.41. The Balaban J connectivity index is 1.70. The third kappa shape index (κ3) is 4.79. The fraction of sp³-hybridized carbons (Fsp3) is 0.421. The predicted octanol–water partition coefficient (Wildman–Crippen LogP) is 3.87. The number of sulfonamides is 1. The Bertz CT molecular complexity index is 998. The van der Waals surface area contributed by atoms with Gasteiger partial charge in [-0.2, -0.15) is 17.5 Å². The van der Waals surface area contributed by atoms with Gasteiger partial charge >= 0.3 is 6.18 Å². The van der Waals surface area contributed by atoms with E-state index in [0.717, 1.165) is 23.5 Å². The molecule has 0 spiro atoms. The quantitative estimate of drug-likeness (QED) is 0.734. The van der Waals surface area contributed by atoms with Crippen LogP contribution in [0.1, 0.15) is 18.4 Å². The molecule has 2 aromatic rings. The van der Waals surface area contributed by atoms with Crippen molar-refractivity contribution in [2.45, 2.75) is 23.2 Å². The first-order valence-corrected chi connectivity index (χ1v) is 11.5. The zero-order chi connectivity index (χ0) is 22.1. The maximum absolute atomic E-state index is 13.1. The molecule has 11 heteroatoms. The Kier molecular flexibility index (Phi) is 6.44. The Morgan fingerprint density at radius 1 is 1.20 bits per heavy atom. The Labute approximate surface area is 177 Å². The lowest BCUT2D eigenvalue weighted by molar-refractivity contribution is -0.137. The van der Waals surface area contributed by atoms with Gasteiger partial charge in [-0.1, -0.05) is 6.07 Å². The highest BCUT2D eigenvalue weighted by molar-refractivity contribution is 7.91. The normalized spacial score (nSPS) is 16.4. The summed E-state index contributed by atoms with van der Waals surface area (Å²) in [6.07, 6.45) is -3.93. The van der Waals surface area contributed by atoms with Crippen LogP contribution in [0.2, 0.25) is 0 Å². The molecule has 0 radical (unpaired) electrons. The number of benzene rings is 1. The molecule has 1 aliphatic heterocycles. The minimum absolute atomic E-state index is 0.0773. The number of nitrogens with zero attached hydrogens (tertiary/aromatic N) is 2. The van der Waals surface area contributed by atoms with Crippen molar-refractivity contribution in [1.29, 1.82) is 0 Å². The summed E-state index contributed by atoms with van der Waals surface area (Å²) in [5.74, 6) is -0.894. The molecule has 0 aliphatic carbocycles. The number of hydrogen-bond donors (Lipinski definition) is 1. The van der Waals surface area contributed by atoms with Gasteiger partial charge in [0.2, 0.25) is 5.91 Å². The summed E-state index contributed by atoms with van der Waals surface area (Å²) in [7, 11) is -0.233. The lowest BCUT2D eigenvalue weighted by atomic mass is 9.97. The van der Waals surface area contributed by atoms with Gasteiger partial charge in [0.25, 0.3) is 10.0 Å². The van der Waals surface area contributed by atoms with Crippen LogP contribution in [-0.4, -0.2) is 45.8 Å². The van der Waals surface area contributed by atoms with Crippen LogP contribution in [-0.2, 0) is 21.0 Å². The van der Waals surface area contributed by atoms with Crippen molar-refractivity contribution in [3.8, 4) is 0 Å². The van der Waals surface area contributed by atoms with E-state index in [-0.39, 0.29) is 23.0 Å². The number of carbonyl (C=O) groups is 1. The van der Waals surface area contributed by atoms with E-state index in [4.69, 9.17) is 0 Å². The number of halogens is 3. The third-order valence-electron chi connectivity index (χ3n) is 4.98. The smallest absolute Gasteiger partial charge is 0.376 e. The highest BCUT2D eigenvalue weighted by atomic mass is 32.2. The van der Waals surface area contributed by atoms with Gasteiger partial charge in [-0.3, -0.25) is 4.79 Å². The van der Waals surface area contributed by atoms with Gasteiger partial charge in [0, 0.05) is 33.1 Å². The van der Waals surface area contributed by atoms with Crippen LogP contribution in [0.15, 0.2) is 39.9 Å². The second-order valence-electron chi connectivity index (χ2n) is 7.22. The second kappa shape index (κ2) is 8.56. The molecule has 3 rings (SSSR count).